The third kappa shape index (κ3) is 4.34. The first-order chi connectivity index (χ1) is 9.54. The van der Waals surface area contributed by atoms with Crippen LogP contribution in [0.4, 0.5) is 11.4 Å². The number of hydrogen-bond acceptors (Lipinski definition) is 3. The van der Waals surface area contributed by atoms with Crippen LogP contribution in [-0.2, 0) is 4.79 Å². The smallest absolute Gasteiger partial charge is 0.234 e. The van der Waals surface area contributed by atoms with E-state index >= 15 is 0 Å². The fourth-order valence-electron chi connectivity index (χ4n) is 1.51. The van der Waals surface area contributed by atoms with Crippen LogP contribution in [0.15, 0.2) is 47.4 Å². The van der Waals surface area contributed by atoms with Gasteiger partial charge < -0.3 is 11.1 Å². The Kier molecular flexibility index (Phi) is 5.17. The number of nitrogens with one attached hydrogen (secondary N) is 1. The number of nitrogen functional groups attached to an aromatic ring is 1. The molecule has 0 radical (unpaired) electrons. The fraction of sp³-hybridized carbons (Fsp3) is 0.0714. The molecule has 0 fully saturated rings. The number of thioether (sulfide) groups is 1. The Hall–Kier alpha value is -1.36. The topological polar surface area (TPSA) is 55.1 Å². The molecule has 0 heterocycles. The number of rotatable bonds is 4. The highest BCUT2D eigenvalue weighted by Gasteiger charge is 2.05. The lowest BCUT2D eigenvalue weighted by Gasteiger charge is -2.06. The van der Waals surface area contributed by atoms with Crippen LogP contribution in [0.3, 0.4) is 0 Å². The zero-order valence-electron chi connectivity index (χ0n) is 10.4. The molecule has 2 aromatic rings. The SMILES string of the molecule is Nc1ccc(SCC(=O)Nc2cccc(Cl)c2)cc1Cl. The Bertz CT molecular complexity index is 634. The second-order valence-corrected chi connectivity index (χ2v) is 5.92. The van der Waals surface area contributed by atoms with Crippen molar-refractivity contribution in [3.8, 4) is 0 Å². The highest BCUT2D eigenvalue weighted by Crippen LogP contribution is 2.26. The van der Waals surface area contributed by atoms with Crippen LogP contribution in [0.5, 0.6) is 0 Å². The molecule has 0 saturated heterocycles. The van der Waals surface area contributed by atoms with Gasteiger partial charge in [-0.25, -0.2) is 0 Å². The summed E-state index contributed by atoms with van der Waals surface area (Å²) in [5.41, 5.74) is 6.83. The van der Waals surface area contributed by atoms with Gasteiger partial charge in [-0.05, 0) is 36.4 Å². The molecular weight excluding hydrogens is 315 g/mol. The summed E-state index contributed by atoms with van der Waals surface area (Å²) in [6.45, 7) is 0. The number of anilines is 2. The van der Waals surface area contributed by atoms with Gasteiger partial charge >= 0.3 is 0 Å². The number of hydrogen-bond donors (Lipinski definition) is 2. The highest BCUT2D eigenvalue weighted by atomic mass is 35.5. The average Bonchev–Trinajstić information content (AvgIpc) is 2.40. The van der Waals surface area contributed by atoms with Crippen LogP contribution in [0.1, 0.15) is 0 Å². The Balaban J connectivity index is 1.90. The molecule has 0 aromatic heterocycles. The van der Waals surface area contributed by atoms with Gasteiger partial charge in [0.1, 0.15) is 0 Å². The van der Waals surface area contributed by atoms with Gasteiger partial charge in [0.25, 0.3) is 0 Å². The lowest BCUT2D eigenvalue weighted by atomic mass is 10.3. The molecule has 3 nitrogen and oxygen atoms in total. The molecular formula is C14H12Cl2N2OS. The number of carbonyl (C=O) groups excluding carboxylic acids is 1. The first-order valence-corrected chi connectivity index (χ1v) is 7.52. The van der Waals surface area contributed by atoms with Gasteiger partial charge in [0.15, 0.2) is 0 Å². The minimum atomic E-state index is -0.106. The minimum absolute atomic E-state index is 0.106. The molecule has 0 aliphatic heterocycles. The second kappa shape index (κ2) is 6.88. The predicted molar refractivity (Wildman–Crippen MR) is 86.7 cm³/mol. The molecule has 1 amide bonds. The van der Waals surface area contributed by atoms with Crippen molar-refractivity contribution in [1.29, 1.82) is 0 Å². The van der Waals surface area contributed by atoms with Crippen molar-refractivity contribution in [2.24, 2.45) is 0 Å². The first kappa shape index (κ1) is 15.0. The van der Waals surface area contributed by atoms with Gasteiger partial charge in [-0.3, -0.25) is 4.79 Å². The van der Waals surface area contributed by atoms with E-state index in [0.29, 0.717) is 21.4 Å². The van der Waals surface area contributed by atoms with E-state index < -0.39 is 0 Å². The zero-order chi connectivity index (χ0) is 14.5. The molecule has 0 unspecified atom stereocenters. The molecule has 0 aliphatic rings. The third-order valence-corrected chi connectivity index (χ3v) is 4.01. The van der Waals surface area contributed by atoms with E-state index in [0.717, 1.165) is 4.90 Å². The predicted octanol–water partition coefficient (Wildman–Crippen LogP) is 4.31. The second-order valence-electron chi connectivity index (χ2n) is 4.03. The molecule has 6 heteroatoms. The number of benzene rings is 2. The lowest BCUT2D eigenvalue weighted by Crippen LogP contribution is -2.13. The summed E-state index contributed by atoms with van der Waals surface area (Å²) in [7, 11) is 0. The molecule has 2 rings (SSSR count). The van der Waals surface area contributed by atoms with Crippen LogP contribution in [0.25, 0.3) is 0 Å². The molecule has 3 N–H and O–H groups in total. The maximum Gasteiger partial charge on any atom is 0.234 e. The number of halogens is 2. The molecule has 0 spiro atoms. The lowest BCUT2D eigenvalue weighted by molar-refractivity contribution is -0.113. The van der Waals surface area contributed by atoms with Crippen molar-refractivity contribution in [2.75, 3.05) is 16.8 Å². The van der Waals surface area contributed by atoms with Crippen molar-refractivity contribution in [3.63, 3.8) is 0 Å². The molecule has 0 saturated carbocycles. The normalized spacial score (nSPS) is 10.3. The van der Waals surface area contributed by atoms with Gasteiger partial charge in [-0.1, -0.05) is 29.3 Å². The molecule has 20 heavy (non-hydrogen) atoms. The molecule has 2 aromatic carbocycles. The van der Waals surface area contributed by atoms with Crippen molar-refractivity contribution < 1.29 is 4.79 Å². The van der Waals surface area contributed by atoms with Crippen molar-refractivity contribution in [2.45, 2.75) is 4.90 Å². The largest absolute Gasteiger partial charge is 0.398 e. The van der Waals surface area contributed by atoms with E-state index in [9.17, 15) is 4.79 Å². The zero-order valence-corrected chi connectivity index (χ0v) is 12.7. The van der Waals surface area contributed by atoms with Crippen molar-refractivity contribution >= 4 is 52.2 Å². The maximum atomic E-state index is 11.8. The van der Waals surface area contributed by atoms with E-state index in [2.05, 4.69) is 5.32 Å². The standard InChI is InChI=1S/C14H12Cl2N2OS/c15-9-2-1-3-10(6-9)18-14(19)8-20-11-4-5-13(17)12(16)7-11/h1-7H,8,17H2,(H,18,19). The Morgan fingerprint density at radius 3 is 2.70 bits per heavy atom. The first-order valence-electron chi connectivity index (χ1n) is 5.78. The fourth-order valence-corrected chi connectivity index (χ4v) is 2.68. The van der Waals surface area contributed by atoms with Gasteiger partial charge in [0.05, 0.1) is 16.5 Å². The summed E-state index contributed by atoms with van der Waals surface area (Å²) in [5, 5.41) is 3.85. The van der Waals surface area contributed by atoms with Gasteiger partial charge in [0, 0.05) is 15.6 Å². The summed E-state index contributed by atoms with van der Waals surface area (Å²) in [4.78, 5) is 12.7. The number of carbonyl (C=O) groups is 1. The van der Waals surface area contributed by atoms with E-state index in [4.69, 9.17) is 28.9 Å². The van der Waals surface area contributed by atoms with Gasteiger partial charge in [-0.15, -0.1) is 11.8 Å². The summed E-state index contributed by atoms with van der Waals surface area (Å²) in [6, 6.07) is 12.3. The molecule has 104 valence electrons. The number of nitrogens with two attached hydrogens (primary N) is 1. The molecule has 0 atom stereocenters. The highest BCUT2D eigenvalue weighted by molar-refractivity contribution is 8.00. The van der Waals surface area contributed by atoms with E-state index in [-0.39, 0.29) is 11.7 Å². The van der Waals surface area contributed by atoms with Crippen LogP contribution < -0.4 is 11.1 Å². The minimum Gasteiger partial charge on any atom is -0.398 e. The Morgan fingerprint density at radius 2 is 2.00 bits per heavy atom. The van der Waals surface area contributed by atoms with E-state index in [1.165, 1.54) is 11.8 Å². The van der Waals surface area contributed by atoms with Crippen LogP contribution in [-0.4, -0.2) is 11.7 Å². The quantitative estimate of drug-likeness (QED) is 0.650. The van der Waals surface area contributed by atoms with Gasteiger partial charge in [-0.2, -0.15) is 0 Å². The molecule has 0 aliphatic carbocycles. The summed E-state index contributed by atoms with van der Waals surface area (Å²) >= 11 is 13.2. The van der Waals surface area contributed by atoms with E-state index in [1.54, 1.807) is 36.4 Å². The average molecular weight is 327 g/mol. The summed E-state index contributed by atoms with van der Waals surface area (Å²) in [5.74, 6) is 0.178. The summed E-state index contributed by atoms with van der Waals surface area (Å²) < 4.78 is 0. The van der Waals surface area contributed by atoms with E-state index in [1.807, 2.05) is 6.07 Å². The summed E-state index contributed by atoms with van der Waals surface area (Å²) in [6.07, 6.45) is 0. The van der Waals surface area contributed by atoms with Crippen LogP contribution in [0, 0.1) is 0 Å². The Labute approximate surface area is 131 Å². The molecule has 0 bridgehead atoms. The monoisotopic (exact) mass is 326 g/mol. The van der Waals surface area contributed by atoms with Crippen LogP contribution >= 0.6 is 35.0 Å². The maximum absolute atomic E-state index is 11.8. The number of amides is 1. The van der Waals surface area contributed by atoms with Crippen molar-refractivity contribution in [3.05, 3.63) is 52.5 Å². The van der Waals surface area contributed by atoms with Crippen LogP contribution in [0.2, 0.25) is 10.0 Å². The third-order valence-electron chi connectivity index (χ3n) is 2.45. The van der Waals surface area contributed by atoms with Crippen molar-refractivity contribution in [1.82, 2.24) is 0 Å². The van der Waals surface area contributed by atoms with Gasteiger partial charge in [0.2, 0.25) is 5.91 Å². The Morgan fingerprint density at radius 1 is 1.20 bits per heavy atom.